The molecule has 2 rings (SSSR count). The number of ketones is 1. The minimum Gasteiger partial charge on any atom is -0.462 e. The number of esters is 1. The Morgan fingerprint density at radius 1 is 1.25 bits per heavy atom. The van der Waals surface area contributed by atoms with Crippen LogP contribution in [0.1, 0.15) is 41.1 Å². The van der Waals surface area contributed by atoms with E-state index >= 15 is 0 Å². The highest BCUT2D eigenvalue weighted by Gasteiger charge is 2.11. The van der Waals surface area contributed by atoms with Crippen molar-refractivity contribution in [3.63, 3.8) is 0 Å². The average Bonchev–Trinajstić information content (AvgIpc) is 2.97. The van der Waals surface area contributed by atoms with E-state index in [0.717, 1.165) is 0 Å². The summed E-state index contributed by atoms with van der Waals surface area (Å²) in [4.78, 5) is 27.1. The predicted molar refractivity (Wildman–Crippen MR) is 71.9 cm³/mol. The SMILES string of the molecule is CCOC(=O)c1cnn(-c2ccc(C(=O)CC)nc2)c1. The molecule has 2 aromatic rings. The second kappa shape index (κ2) is 6.10. The third-order valence-corrected chi connectivity index (χ3v) is 2.71. The first-order chi connectivity index (χ1) is 9.65. The first-order valence-electron chi connectivity index (χ1n) is 6.37. The molecule has 0 aromatic carbocycles. The molecule has 0 amide bonds. The van der Waals surface area contributed by atoms with Gasteiger partial charge in [0.25, 0.3) is 0 Å². The molecule has 0 fully saturated rings. The van der Waals surface area contributed by atoms with E-state index in [4.69, 9.17) is 4.74 Å². The van der Waals surface area contributed by atoms with Gasteiger partial charge in [0.2, 0.25) is 0 Å². The Kier molecular flexibility index (Phi) is 4.24. The molecule has 6 nitrogen and oxygen atoms in total. The molecule has 0 saturated carbocycles. The average molecular weight is 273 g/mol. The van der Waals surface area contributed by atoms with E-state index in [1.165, 1.54) is 10.9 Å². The minimum absolute atomic E-state index is 0.00997. The number of hydrogen-bond donors (Lipinski definition) is 0. The molecule has 2 heterocycles. The fourth-order valence-corrected chi connectivity index (χ4v) is 1.65. The molecule has 0 aliphatic carbocycles. The molecule has 104 valence electrons. The standard InChI is InChI=1S/C14H15N3O3/c1-3-13(18)12-6-5-11(8-15-12)17-9-10(7-16-17)14(19)20-4-2/h5-9H,3-4H2,1-2H3. The number of carbonyl (C=O) groups excluding carboxylic acids is 2. The van der Waals surface area contributed by atoms with E-state index in [1.807, 2.05) is 0 Å². The molecule has 0 N–H and O–H groups in total. The number of Topliss-reactive ketones (excluding diaryl/α,β-unsaturated/α-hetero) is 1. The van der Waals surface area contributed by atoms with Crippen molar-refractivity contribution in [2.75, 3.05) is 6.61 Å². The number of carbonyl (C=O) groups is 2. The van der Waals surface area contributed by atoms with Crippen molar-refractivity contribution >= 4 is 11.8 Å². The minimum atomic E-state index is -0.413. The molecule has 20 heavy (non-hydrogen) atoms. The van der Waals surface area contributed by atoms with Crippen molar-refractivity contribution < 1.29 is 14.3 Å². The number of hydrogen-bond acceptors (Lipinski definition) is 5. The van der Waals surface area contributed by atoms with Crippen LogP contribution < -0.4 is 0 Å². The van der Waals surface area contributed by atoms with E-state index in [1.54, 1.807) is 38.4 Å². The van der Waals surface area contributed by atoms with E-state index in [-0.39, 0.29) is 5.78 Å². The zero-order valence-electron chi connectivity index (χ0n) is 11.4. The van der Waals surface area contributed by atoms with Gasteiger partial charge in [-0.15, -0.1) is 0 Å². The Balaban J connectivity index is 2.20. The summed E-state index contributed by atoms with van der Waals surface area (Å²) in [7, 11) is 0. The smallest absolute Gasteiger partial charge is 0.341 e. The Morgan fingerprint density at radius 3 is 2.65 bits per heavy atom. The van der Waals surface area contributed by atoms with Crippen LogP contribution in [0.2, 0.25) is 0 Å². The van der Waals surface area contributed by atoms with Gasteiger partial charge in [-0.25, -0.2) is 9.48 Å². The Morgan fingerprint density at radius 2 is 2.05 bits per heavy atom. The summed E-state index contributed by atoms with van der Waals surface area (Å²) in [5.41, 5.74) is 1.47. The Labute approximate surface area is 116 Å². The molecule has 0 bridgehead atoms. The third kappa shape index (κ3) is 2.90. The van der Waals surface area contributed by atoms with Crippen LogP contribution in [0.3, 0.4) is 0 Å². The topological polar surface area (TPSA) is 74.1 Å². The Bertz CT molecular complexity index is 617. The number of rotatable bonds is 5. The molecule has 6 heteroatoms. The molecule has 0 spiro atoms. The lowest BCUT2D eigenvalue weighted by molar-refractivity contribution is 0.0526. The van der Waals surface area contributed by atoms with Gasteiger partial charge >= 0.3 is 5.97 Å². The number of ether oxygens (including phenoxy) is 1. The number of nitrogens with zero attached hydrogens (tertiary/aromatic N) is 3. The highest BCUT2D eigenvalue weighted by molar-refractivity contribution is 5.94. The summed E-state index contributed by atoms with van der Waals surface area (Å²) in [6.07, 6.45) is 4.96. The van der Waals surface area contributed by atoms with Crippen molar-refractivity contribution in [3.05, 3.63) is 42.0 Å². The summed E-state index contributed by atoms with van der Waals surface area (Å²) in [6.45, 7) is 3.85. The second-order valence-electron chi connectivity index (χ2n) is 4.07. The van der Waals surface area contributed by atoms with Crippen LogP contribution in [0.5, 0.6) is 0 Å². The molecule has 0 radical (unpaired) electrons. The van der Waals surface area contributed by atoms with Crippen LogP contribution in [-0.4, -0.2) is 33.1 Å². The van der Waals surface area contributed by atoms with Gasteiger partial charge in [0.1, 0.15) is 5.69 Å². The van der Waals surface area contributed by atoms with Gasteiger partial charge < -0.3 is 4.74 Å². The van der Waals surface area contributed by atoms with E-state index < -0.39 is 5.97 Å². The van der Waals surface area contributed by atoms with Crippen molar-refractivity contribution in [3.8, 4) is 5.69 Å². The predicted octanol–water partition coefficient (Wildman–Crippen LogP) is 2.04. The third-order valence-electron chi connectivity index (χ3n) is 2.71. The largest absolute Gasteiger partial charge is 0.462 e. The molecular weight excluding hydrogens is 258 g/mol. The fraction of sp³-hybridized carbons (Fsp3) is 0.286. The lowest BCUT2D eigenvalue weighted by Crippen LogP contribution is -2.04. The van der Waals surface area contributed by atoms with E-state index in [0.29, 0.717) is 30.0 Å². The molecule has 2 aromatic heterocycles. The zero-order chi connectivity index (χ0) is 14.5. The van der Waals surface area contributed by atoms with Crippen LogP contribution in [-0.2, 0) is 4.74 Å². The van der Waals surface area contributed by atoms with Crippen LogP contribution in [0.25, 0.3) is 5.69 Å². The van der Waals surface area contributed by atoms with Gasteiger partial charge in [-0.2, -0.15) is 5.10 Å². The van der Waals surface area contributed by atoms with Crippen molar-refractivity contribution in [2.45, 2.75) is 20.3 Å². The van der Waals surface area contributed by atoms with Gasteiger partial charge in [0.05, 0.1) is 30.3 Å². The van der Waals surface area contributed by atoms with Gasteiger partial charge in [0, 0.05) is 12.6 Å². The lowest BCUT2D eigenvalue weighted by atomic mass is 10.2. The maximum atomic E-state index is 11.5. The first kappa shape index (κ1) is 13.9. The van der Waals surface area contributed by atoms with Crippen LogP contribution in [0.15, 0.2) is 30.7 Å². The molecular formula is C14H15N3O3. The summed E-state index contributed by atoms with van der Waals surface area (Å²) in [5, 5.41) is 4.08. The highest BCUT2D eigenvalue weighted by atomic mass is 16.5. The van der Waals surface area contributed by atoms with Crippen molar-refractivity contribution in [1.82, 2.24) is 14.8 Å². The first-order valence-corrected chi connectivity index (χ1v) is 6.37. The molecule has 0 saturated heterocycles. The van der Waals surface area contributed by atoms with Crippen LogP contribution in [0, 0.1) is 0 Å². The van der Waals surface area contributed by atoms with Crippen molar-refractivity contribution in [2.24, 2.45) is 0 Å². The highest BCUT2D eigenvalue weighted by Crippen LogP contribution is 2.10. The zero-order valence-corrected chi connectivity index (χ0v) is 11.4. The molecule has 0 atom stereocenters. The monoisotopic (exact) mass is 273 g/mol. The maximum absolute atomic E-state index is 11.5. The molecule has 0 aliphatic rings. The van der Waals surface area contributed by atoms with Gasteiger partial charge in [-0.3, -0.25) is 9.78 Å². The lowest BCUT2D eigenvalue weighted by Gasteiger charge is -2.02. The fourth-order valence-electron chi connectivity index (χ4n) is 1.65. The van der Waals surface area contributed by atoms with Crippen molar-refractivity contribution in [1.29, 1.82) is 0 Å². The second-order valence-corrected chi connectivity index (χ2v) is 4.07. The molecule has 0 aliphatic heterocycles. The van der Waals surface area contributed by atoms with Crippen LogP contribution >= 0.6 is 0 Å². The quantitative estimate of drug-likeness (QED) is 0.615. The maximum Gasteiger partial charge on any atom is 0.341 e. The van der Waals surface area contributed by atoms with Gasteiger partial charge in [0.15, 0.2) is 5.78 Å². The van der Waals surface area contributed by atoms with E-state index in [9.17, 15) is 9.59 Å². The number of pyridine rings is 1. The van der Waals surface area contributed by atoms with Crippen LogP contribution in [0.4, 0.5) is 0 Å². The molecule has 0 unspecified atom stereocenters. The van der Waals surface area contributed by atoms with Gasteiger partial charge in [-0.1, -0.05) is 6.92 Å². The summed E-state index contributed by atoms with van der Waals surface area (Å²) >= 11 is 0. The number of aromatic nitrogens is 3. The summed E-state index contributed by atoms with van der Waals surface area (Å²) < 4.78 is 6.40. The van der Waals surface area contributed by atoms with Gasteiger partial charge in [-0.05, 0) is 19.1 Å². The normalized spacial score (nSPS) is 10.3. The van der Waals surface area contributed by atoms with E-state index in [2.05, 4.69) is 10.1 Å². The Hall–Kier alpha value is -2.50. The summed E-state index contributed by atoms with van der Waals surface area (Å²) in [5.74, 6) is -0.422. The summed E-state index contributed by atoms with van der Waals surface area (Å²) in [6, 6.07) is 3.38.